The van der Waals surface area contributed by atoms with Crippen LogP contribution in [0.15, 0.2) is 59.1 Å². The molecule has 0 aliphatic carbocycles. The van der Waals surface area contributed by atoms with Gasteiger partial charge in [0.1, 0.15) is 0 Å². The monoisotopic (exact) mass is 312 g/mol. The quantitative estimate of drug-likeness (QED) is 0.376. The molecule has 3 nitrogen and oxygen atoms in total. The van der Waals surface area contributed by atoms with Crippen molar-refractivity contribution >= 4 is 12.2 Å². The van der Waals surface area contributed by atoms with Crippen LogP contribution in [0.3, 0.4) is 0 Å². The Morgan fingerprint density at radius 3 is 2.65 bits per heavy atom. The molecule has 0 heterocycles. The van der Waals surface area contributed by atoms with Crippen LogP contribution >= 0.6 is 0 Å². The number of amides is 2. The Morgan fingerprint density at radius 1 is 1.17 bits per heavy atom. The highest BCUT2D eigenvalue weighted by Gasteiger charge is 1.99. The van der Waals surface area contributed by atoms with Crippen molar-refractivity contribution in [3.8, 4) is 0 Å². The van der Waals surface area contributed by atoms with Crippen molar-refractivity contribution in [2.75, 3.05) is 6.54 Å². The first-order valence-corrected chi connectivity index (χ1v) is 8.47. The number of unbranched alkanes of at least 4 members (excludes halogenated alkanes) is 2. The highest BCUT2D eigenvalue weighted by atomic mass is 16.2. The lowest BCUT2D eigenvalue weighted by Crippen LogP contribution is -2.22. The molecule has 1 rings (SSSR count). The number of hydrogen-bond donors (Lipinski definition) is 1. The van der Waals surface area contributed by atoms with Crippen molar-refractivity contribution in [2.24, 2.45) is 4.99 Å². The van der Waals surface area contributed by atoms with Crippen LogP contribution in [0.1, 0.15) is 51.5 Å². The highest BCUT2D eigenvalue weighted by molar-refractivity contribution is 5.91. The maximum absolute atomic E-state index is 11.8. The standard InChI is InChI=1S/C20H28N2O/c1-3-5-6-7-9-13-18(12-4-2)16-21-20(23)22-17-19-14-10-8-11-15-19/h7-11,13-15,17H,3-6,12,16H2,1-2H3,(H,21,23). The fourth-order valence-electron chi connectivity index (χ4n) is 2.08. The summed E-state index contributed by atoms with van der Waals surface area (Å²) in [6.07, 6.45) is 13.6. The van der Waals surface area contributed by atoms with Crippen LogP contribution in [0.5, 0.6) is 0 Å². The normalized spacial score (nSPS) is 12.2. The number of allylic oxidation sites excluding steroid dienone is 3. The third-order valence-corrected chi connectivity index (χ3v) is 3.36. The molecule has 1 N–H and O–H groups in total. The maximum atomic E-state index is 11.8. The molecule has 0 aromatic heterocycles. The van der Waals surface area contributed by atoms with E-state index in [2.05, 4.69) is 42.4 Å². The third-order valence-electron chi connectivity index (χ3n) is 3.36. The van der Waals surface area contributed by atoms with Gasteiger partial charge in [0, 0.05) is 12.8 Å². The number of urea groups is 1. The lowest BCUT2D eigenvalue weighted by atomic mass is 10.1. The van der Waals surface area contributed by atoms with Crippen LogP contribution in [-0.2, 0) is 0 Å². The van der Waals surface area contributed by atoms with Crippen LogP contribution < -0.4 is 5.32 Å². The van der Waals surface area contributed by atoms with Gasteiger partial charge in [-0.3, -0.25) is 0 Å². The van der Waals surface area contributed by atoms with E-state index >= 15 is 0 Å². The summed E-state index contributed by atoms with van der Waals surface area (Å²) in [6, 6.07) is 9.32. The number of nitrogens with zero attached hydrogens (tertiary/aromatic N) is 1. The molecule has 0 aliphatic heterocycles. The van der Waals surface area contributed by atoms with Crippen molar-refractivity contribution in [3.63, 3.8) is 0 Å². The van der Waals surface area contributed by atoms with E-state index in [1.165, 1.54) is 18.4 Å². The average molecular weight is 312 g/mol. The fourth-order valence-corrected chi connectivity index (χ4v) is 2.08. The highest BCUT2D eigenvalue weighted by Crippen LogP contribution is 2.05. The predicted octanol–water partition coefficient (Wildman–Crippen LogP) is 5.29. The molecule has 0 fully saturated rings. The molecule has 0 aliphatic rings. The van der Waals surface area contributed by atoms with Crippen molar-refractivity contribution in [3.05, 3.63) is 59.7 Å². The van der Waals surface area contributed by atoms with Crippen molar-refractivity contribution < 1.29 is 4.79 Å². The van der Waals surface area contributed by atoms with Gasteiger partial charge in [-0.15, -0.1) is 0 Å². The molecular weight excluding hydrogens is 284 g/mol. The van der Waals surface area contributed by atoms with E-state index in [0.717, 1.165) is 24.8 Å². The molecule has 1 aromatic rings. The zero-order valence-corrected chi connectivity index (χ0v) is 14.3. The van der Waals surface area contributed by atoms with Crippen LogP contribution in [0.25, 0.3) is 0 Å². The predicted molar refractivity (Wildman–Crippen MR) is 99.1 cm³/mol. The van der Waals surface area contributed by atoms with Crippen molar-refractivity contribution in [1.82, 2.24) is 5.32 Å². The van der Waals surface area contributed by atoms with E-state index in [4.69, 9.17) is 0 Å². The van der Waals surface area contributed by atoms with Gasteiger partial charge in [-0.05, 0) is 18.4 Å². The SMILES string of the molecule is CCCCC=CC=C(CCC)CNC(=O)N=Cc1ccccc1. The van der Waals surface area contributed by atoms with E-state index in [1.807, 2.05) is 30.3 Å². The lowest BCUT2D eigenvalue weighted by molar-refractivity contribution is 0.250. The first-order chi connectivity index (χ1) is 11.3. The Hall–Kier alpha value is -2.16. The second-order valence-electron chi connectivity index (χ2n) is 5.47. The number of nitrogens with one attached hydrogen (secondary N) is 1. The van der Waals surface area contributed by atoms with Gasteiger partial charge in [0.05, 0.1) is 0 Å². The zero-order chi connectivity index (χ0) is 16.8. The summed E-state index contributed by atoms with van der Waals surface area (Å²) in [5.74, 6) is 0. The Balaban J connectivity index is 2.44. The Kier molecular flexibility index (Phi) is 10.2. The molecule has 0 spiro atoms. The summed E-state index contributed by atoms with van der Waals surface area (Å²) in [7, 11) is 0. The Morgan fingerprint density at radius 2 is 1.96 bits per heavy atom. The minimum absolute atomic E-state index is 0.300. The van der Waals surface area contributed by atoms with Crippen LogP contribution in [0, 0.1) is 0 Å². The average Bonchev–Trinajstić information content (AvgIpc) is 2.58. The van der Waals surface area contributed by atoms with E-state index in [1.54, 1.807) is 6.21 Å². The van der Waals surface area contributed by atoms with Gasteiger partial charge in [0.25, 0.3) is 0 Å². The summed E-state index contributed by atoms with van der Waals surface area (Å²) in [6.45, 7) is 4.89. The molecule has 0 bridgehead atoms. The van der Waals surface area contributed by atoms with Gasteiger partial charge in [-0.25, -0.2) is 9.79 Å². The molecule has 124 valence electrons. The van der Waals surface area contributed by atoms with Crippen LogP contribution in [0.2, 0.25) is 0 Å². The molecule has 0 radical (unpaired) electrons. The van der Waals surface area contributed by atoms with Gasteiger partial charge in [-0.2, -0.15) is 0 Å². The van der Waals surface area contributed by atoms with Gasteiger partial charge in [0.15, 0.2) is 0 Å². The number of aliphatic imine (C=N–C) groups is 1. The minimum Gasteiger partial charge on any atom is -0.332 e. The number of rotatable bonds is 9. The van der Waals surface area contributed by atoms with Gasteiger partial charge in [-0.1, -0.05) is 87.2 Å². The fraction of sp³-hybridized carbons (Fsp3) is 0.400. The van der Waals surface area contributed by atoms with Crippen molar-refractivity contribution in [1.29, 1.82) is 0 Å². The van der Waals surface area contributed by atoms with Gasteiger partial charge in [0.2, 0.25) is 0 Å². The largest absolute Gasteiger partial charge is 0.341 e. The molecule has 0 atom stereocenters. The van der Waals surface area contributed by atoms with Crippen LogP contribution in [0.4, 0.5) is 4.79 Å². The molecular formula is C20H28N2O. The first kappa shape index (κ1) is 18.9. The molecule has 2 amide bonds. The second-order valence-corrected chi connectivity index (χ2v) is 5.47. The van der Waals surface area contributed by atoms with Crippen LogP contribution in [-0.4, -0.2) is 18.8 Å². The maximum Gasteiger partial charge on any atom is 0.341 e. The van der Waals surface area contributed by atoms with Gasteiger partial charge >= 0.3 is 6.03 Å². The minimum atomic E-state index is -0.300. The Labute approximate surface area is 140 Å². The molecule has 3 heteroatoms. The van der Waals surface area contributed by atoms with Gasteiger partial charge < -0.3 is 5.32 Å². The Bertz CT molecular complexity index is 530. The van der Waals surface area contributed by atoms with E-state index in [0.29, 0.717) is 6.54 Å². The summed E-state index contributed by atoms with van der Waals surface area (Å²) >= 11 is 0. The molecule has 0 saturated heterocycles. The first-order valence-electron chi connectivity index (χ1n) is 8.47. The number of carbonyl (C=O) groups is 1. The summed E-state index contributed by atoms with van der Waals surface area (Å²) in [5.41, 5.74) is 2.15. The smallest absolute Gasteiger partial charge is 0.332 e. The molecule has 23 heavy (non-hydrogen) atoms. The lowest BCUT2D eigenvalue weighted by Gasteiger charge is -2.05. The molecule has 0 saturated carbocycles. The molecule has 1 aromatic carbocycles. The van der Waals surface area contributed by atoms with E-state index in [9.17, 15) is 4.79 Å². The van der Waals surface area contributed by atoms with Crippen molar-refractivity contribution in [2.45, 2.75) is 46.0 Å². The number of hydrogen-bond acceptors (Lipinski definition) is 1. The topological polar surface area (TPSA) is 41.5 Å². The van der Waals surface area contributed by atoms with E-state index in [-0.39, 0.29) is 6.03 Å². The summed E-state index contributed by atoms with van der Waals surface area (Å²) in [4.78, 5) is 15.7. The molecule has 0 unspecified atom stereocenters. The summed E-state index contributed by atoms with van der Waals surface area (Å²) < 4.78 is 0. The third kappa shape index (κ3) is 9.46. The zero-order valence-electron chi connectivity index (χ0n) is 14.3. The number of carbonyl (C=O) groups excluding carboxylic acids is 1. The van der Waals surface area contributed by atoms with E-state index < -0.39 is 0 Å². The summed E-state index contributed by atoms with van der Waals surface area (Å²) in [5, 5.41) is 2.85. The number of benzene rings is 1. The second kappa shape index (κ2) is 12.4.